The van der Waals surface area contributed by atoms with Crippen LogP contribution in [0.25, 0.3) is 0 Å². The summed E-state index contributed by atoms with van der Waals surface area (Å²) in [7, 11) is -4.08. The van der Waals surface area contributed by atoms with E-state index in [-0.39, 0.29) is 10.9 Å². The summed E-state index contributed by atoms with van der Waals surface area (Å²) >= 11 is 2.24. The molecule has 0 radical (unpaired) electrons. The summed E-state index contributed by atoms with van der Waals surface area (Å²) in [5.74, 6) is -1.02. The zero-order valence-electron chi connectivity index (χ0n) is 13.6. The van der Waals surface area contributed by atoms with Gasteiger partial charge >= 0.3 is 0 Å². The van der Waals surface area contributed by atoms with Gasteiger partial charge in [-0.3, -0.25) is 9.52 Å². The number of ketones is 1. The Balaban J connectivity index is 1.83. The first-order chi connectivity index (χ1) is 12.3. The number of nitrogens with one attached hydrogen (secondary N) is 2. The third-order valence-electron chi connectivity index (χ3n) is 3.24. The molecule has 3 aromatic rings. The lowest BCUT2D eigenvalue weighted by molar-refractivity contribution is 0.102. The van der Waals surface area contributed by atoms with Gasteiger partial charge in [-0.15, -0.1) is 11.3 Å². The third kappa shape index (κ3) is 3.89. The van der Waals surface area contributed by atoms with Crippen molar-refractivity contribution < 1.29 is 17.6 Å². The molecule has 11 heteroatoms. The molecule has 2 heterocycles. The van der Waals surface area contributed by atoms with Gasteiger partial charge in [-0.25, -0.2) is 22.8 Å². The first-order valence-corrected chi connectivity index (χ1v) is 10.4. The summed E-state index contributed by atoms with van der Waals surface area (Å²) in [6.07, 6.45) is 1.44. The van der Waals surface area contributed by atoms with E-state index in [0.717, 1.165) is 34.8 Å². The van der Waals surface area contributed by atoms with Gasteiger partial charge in [-0.1, -0.05) is 11.3 Å². The van der Waals surface area contributed by atoms with Gasteiger partial charge < -0.3 is 5.32 Å². The topological polar surface area (TPSA) is 101 Å². The van der Waals surface area contributed by atoms with Gasteiger partial charge in [-0.2, -0.15) is 0 Å². The number of carbonyl (C=O) groups excluding carboxylic acids is 1. The molecular weight excluding hydrogens is 399 g/mol. The maximum Gasteiger partial charge on any atom is 0.266 e. The van der Waals surface area contributed by atoms with E-state index in [4.69, 9.17) is 0 Å². The van der Waals surface area contributed by atoms with E-state index in [0.29, 0.717) is 21.4 Å². The molecule has 0 aliphatic heterocycles. The van der Waals surface area contributed by atoms with Crippen molar-refractivity contribution >= 4 is 54.4 Å². The van der Waals surface area contributed by atoms with Crippen molar-refractivity contribution in [3.63, 3.8) is 0 Å². The SMILES string of the molecule is CC(=O)c1sc(Nc2ccc(S(=O)(=O)Nc3nccs3)c(F)c2)nc1C. The van der Waals surface area contributed by atoms with Crippen LogP contribution in [0.1, 0.15) is 22.3 Å². The van der Waals surface area contributed by atoms with Gasteiger partial charge in [0, 0.05) is 24.2 Å². The zero-order valence-corrected chi connectivity index (χ0v) is 16.1. The Bertz CT molecular complexity index is 1060. The number of Topliss-reactive ketones (excluding diaryl/α,β-unsaturated/α-hetero) is 1. The van der Waals surface area contributed by atoms with E-state index < -0.39 is 20.7 Å². The van der Waals surface area contributed by atoms with Crippen LogP contribution in [0.2, 0.25) is 0 Å². The van der Waals surface area contributed by atoms with Gasteiger partial charge in [0.15, 0.2) is 16.0 Å². The van der Waals surface area contributed by atoms with Crippen LogP contribution in [-0.2, 0) is 10.0 Å². The standard InChI is InChI=1S/C15H13FN4O3S3/c1-8-13(9(2)21)25-15(18-8)19-10-3-4-12(11(16)7-10)26(22,23)20-14-17-5-6-24-14/h3-7H,1-2H3,(H,17,20)(H,18,19). The predicted molar refractivity (Wildman–Crippen MR) is 99.5 cm³/mol. The molecule has 0 amide bonds. The van der Waals surface area contributed by atoms with Crippen LogP contribution in [0.3, 0.4) is 0 Å². The number of hydrogen-bond acceptors (Lipinski definition) is 8. The summed E-state index contributed by atoms with van der Waals surface area (Å²) in [5, 5.41) is 5.05. The lowest BCUT2D eigenvalue weighted by atomic mass is 10.3. The molecule has 2 aromatic heterocycles. The van der Waals surface area contributed by atoms with Gasteiger partial charge in [0.05, 0.1) is 10.6 Å². The molecule has 0 spiro atoms. The highest BCUT2D eigenvalue weighted by atomic mass is 32.2. The minimum absolute atomic E-state index is 0.103. The second-order valence-electron chi connectivity index (χ2n) is 5.20. The molecule has 2 N–H and O–H groups in total. The van der Waals surface area contributed by atoms with Crippen LogP contribution in [0.15, 0.2) is 34.7 Å². The average Bonchev–Trinajstić information content (AvgIpc) is 3.16. The molecule has 0 atom stereocenters. The molecule has 0 aliphatic rings. The molecule has 0 saturated heterocycles. The van der Waals surface area contributed by atoms with Crippen molar-refractivity contribution in [3.05, 3.63) is 46.2 Å². The van der Waals surface area contributed by atoms with Crippen LogP contribution >= 0.6 is 22.7 Å². The number of halogens is 1. The normalized spacial score (nSPS) is 11.3. The second kappa shape index (κ2) is 7.09. The molecule has 26 heavy (non-hydrogen) atoms. The number of hydrogen-bond donors (Lipinski definition) is 2. The van der Waals surface area contributed by atoms with Crippen LogP contribution < -0.4 is 10.0 Å². The Hall–Kier alpha value is -2.37. The highest BCUT2D eigenvalue weighted by Gasteiger charge is 2.21. The smallest absolute Gasteiger partial charge is 0.266 e. The molecule has 0 saturated carbocycles. The van der Waals surface area contributed by atoms with Crippen molar-refractivity contribution in [2.45, 2.75) is 18.7 Å². The highest BCUT2D eigenvalue weighted by Crippen LogP contribution is 2.28. The molecule has 1 aromatic carbocycles. The minimum atomic E-state index is -4.08. The summed E-state index contributed by atoms with van der Waals surface area (Å²) in [5.41, 5.74) is 0.900. The Labute approximate surface area is 157 Å². The molecule has 136 valence electrons. The van der Waals surface area contributed by atoms with Gasteiger partial charge in [0.1, 0.15) is 10.7 Å². The van der Waals surface area contributed by atoms with Crippen molar-refractivity contribution in [2.24, 2.45) is 0 Å². The van der Waals surface area contributed by atoms with Crippen molar-refractivity contribution in [2.75, 3.05) is 10.0 Å². The number of aromatic nitrogens is 2. The number of benzene rings is 1. The third-order valence-corrected chi connectivity index (χ3v) is 6.61. The summed E-state index contributed by atoms with van der Waals surface area (Å²) < 4.78 is 41.1. The van der Waals surface area contributed by atoms with Gasteiger partial charge in [0.25, 0.3) is 10.0 Å². The van der Waals surface area contributed by atoms with E-state index in [1.165, 1.54) is 19.2 Å². The first-order valence-electron chi connectivity index (χ1n) is 7.23. The number of rotatable bonds is 6. The monoisotopic (exact) mass is 412 g/mol. The number of nitrogens with zero attached hydrogens (tertiary/aromatic N) is 2. The fourth-order valence-corrected chi connectivity index (χ4v) is 4.87. The molecule has 0 bridgehead atoms. The predicted octanol–water partition coefficient (Wildman–Crippen LogP) is 3.79. The number of carbonyl (C=O) groups is 1. The summed E-state index contributed by atoms with van der Waals surface area (Å²) in [6, 6.07) is 3.63. The minimum Gasteiger partial charge on any atom is -0.331 e. The largest absolute Gasteiger partial charge is 0.331 e. The Kier molecular flexibility index (Phi) is 5.03. The highest BCUT2D eigenvalue weighted by molar-refractivity contribution is 7.93. The van der Waals surface area contributed by atoms with Gasteiger partial charge in [0.2, 0.25) is 0 Å². The number of thiazole rings is 2. The molecule has 3 rings (SSSR count). The molecule has 0 aliphatic carbocycles. The molecule has 0 fully saturated rings. The Morgan fingerprint density at radius 1 is 1.27 bits per heavy atom. The van der Waals surface area contributed by atoms with Crippen LogP contribution in [0.4, 0.5) is 20.3 Å². The Morgan fingerprint density at radius 2 is 2.04 bits per heavy atom. The van der Waals surface area contributed by atoms with E-state index in [9.17, 15) is 17.6 Å². The molecular formula is C15H13FN4O3S3. The lowest BCUT2D eigenvalue weighted by Crippen LogP contribution is -2.14. The fraction of sp³-hybridized carbons (Fsp3) is 0.133. The van der Waals surface area contributed by atoms with E-state index >= 15 is 0 Å². The number of sulfonamides is 1. The quantitative estimate of drug-likeness (QED) is 0.597. The van der Waals surface area contributed by atoms with Crippen LogP contribution in [0.5, 0.6) is 0 Å². The van der Waals surface area contributed by atoms with Crippen molar-refractivity contribution in [1.82, 2.24) is 9.97 Å². The van der Waals surface area contributed by atoms with E-state index in [1.54, 1.807) is 12.3 Å². The average molecular weight is 412 g/mol. The van der Waals surface area contributed by atoms with Crippen LogP contribution in [-0.4, -0.2) is 24.2 Å². The number of aryl methyl sites for hydroxylation is 1. The maximum atomic E-state index is 14.3. The van der Waals surface area contributed by atoms with Crippen molar-refractivity contribution in [3.8, 4) is 0 Å². The molecule has 0 unspecified atom stereocenters. The second-order valence-corrected chi connectivity index (χ2v) is 8.75. The Morgan fingerprint density at radius 3 is 2.62 bits per heavy atom. The zero-order chi connectivity index (χ0) is 18.9. The maximum absolute atomic E-state index is 14.3. The summed E-state index contributed by atoms with van der Waals surface area (Å²) in [4.78, 5) is 19.5. The first kappa shape index (κ1) is 18.4. The van der Waals surface area contributed by atoms with Crippen LogP contribution in [0, 0.1) is 12.7 Å². The molecule has 7 nitrogen and oxygen atoms in total. The van der Waals surface area contributed by atoms with E-state index in [2.05, 4.69) is 20.0 Å². The lowest BCUT2D eigenvalue weighted by Gasteiger charge is -2.08. The van der Waals surface area contributed by atoms with E-state index in [1.807, 2.05) is 0 Å². The van der Waals surface area contributed by atoms with Crippen molar-refractivity contribution in [1.29, 1.82) is 0 Å². The van der Waals surface area contributed by atoms with Gasteiger partial charge in [-0.05, 0) is 25.1 Å². The number of anilines is 3. The fourth-order valence-electron chi connectivity index (χ4n) is 2.14. The summed E-state index contributed by atoms with van der Waals surface area (Å²) in [6.45, 7) is 3.15.